The van der Waals surface area contributed by atoms with E-state index in [1.165, 1.54) is 11.3 Å². The fourth-order valence-electron chi connectivity index (χ4n) is 1.67. The Morgan fingerprint density at radius 1 is 1.35 bits per heavy atom. The van der Waals surface area contributed by atoms with E-state index < -0.39 is 0 Å². The van der Waals surface area contributed by atoms with Crippen LogP contribution in [0, 0.1) is 6.92 Å². The molecule has 0 aliphatic carbocycles. The topological polar surface area (TPSA) is 29.5 Å². The lowest BCUT2D eigenvalue weighted by molar-refractivity contribution is 0.0778. The van der Waals surface area contributed by atoms with Crippen LogP contribution in [-0.4, -0.2) is 31.0 Å². The highest BCUT2D eigenvalue weighted by Gasteiger charge is 2.15. The zero-order valence-corrected chi connectivity index (χ0v) is 13.8. The first-order chi connectivity index (χ1) is 9.58. The van der Waals surface area contributed by atoms with Gasteiger partial charge in [0.15, 0.2) is 0 Å². The third-order valence-electron chi connectivity index (χ3n) is 2.85. The van der Waals surface area contributed by atoms with Crippen LogP contribution in [0.5, 0.6) is 5.75 Å². The summed E-state index contributed by atoms with van der Waals surface area (Å²) in [5.74, 6) is 0.850. The Bertz CT molecular complexity index is 563. The summed E-state index contributed by atoms with van der Waals surface area (Å²) in [7, 11) is 1.79. The van der Waals surface area contributed by atoms with Crippen molar-refractivity contribution >= 4 is 33.2 Å². The molecule has 1 amide bonds. The number of thiophene rings is 1. The van der Waals surface area contributed by atoms with Gasteiger partial charge >= 0.3 is 0 Å². The number of hydrogen-bond donors (Lipinski definition) is 0. The molecule has 20 heavy (non-hydrogen) atoms. The number of ether oxygens (including phenoxy) is 1. The van der Waals surface area contributed by atoms with Gasteiger partial charge in [0.25, 0.3) is 5.91 Å². The Labute approximate surface area is 131 Å². The monoisotopic (exact) mass is 353 g/mol. The predicted octanol–water partition coefficient (Wildman–Crippen LogP) is 3.97. The van der Waals surface area contributed by atoms with E-state index in [0.29, 0.717) is 13.2 Å². The molecule has 0 atom stereocenters. The van der Waals surface area contributed by atoms with Crippen LogP contribution in [0.25, 0.3) is 0 Å². The third kappa shape index (κ3) is 3.84. The SMILES string of the molecule is Cc1cc(C(=O)N(C)CCOc2ccccc2)sc1Br. The lowest BCUT2D eigenvalue weighted by atomic mass is 10.3. The largest absolute Gasteiger partial charge is 0.492 e. The van der Waals surface area contributed by atoms with Crippen molar-refractivity contribution < 1.29 is 9.53 Å². The number of hydrogen-bond acceptors (Lipinski definition) is 3. The van der Waals surface area contributed by atoms with Gasteiger partial charge in [-0.25, -0.2) is 0 Å². The van der Waals surface area contributed by atoms with Crippen LogP contribution in [0.3, 0.4) is 0 Å². The number of likely N-dealkylation sites (N-methyl/N-ethyl adjacent to an activating group) is 1. The third-order valence-corrected chi connectivity index (χ3v) is 4.98. The molecule has 3 nitrogen and oxygen atoms in total. The molecule has 2 rings (SSSR count). The highest BCUT2D eigenvalue weighted by Crippen LogP contribution is 2.27. The average Bonchev–Trinajstić information content (AvgIpc) is 2.79. The number of nitrogens with zero attached hydrogens (tertiary/aromatic N) is 1. The molecule has 0 unspecified atom stereocenters. The molecule has 1 aromatic heterocycles. The van der Waals surface area contributed by atoms with Gasteiger partial charge in [-0.15, -0.1) is 11.3 Å². The number of carbonyl (C=O) groups excluding carboxylic acids is 1. The van der Waals surface area contributed by atoms with Crippen LogP contribution in [0.4, 0.5) is 0 Å². The molecule has 2 aromatic rings. The molecule has 5 heteroatoms. The van der Waals surface area contributed by atoms with Crippen LogP contribution in [0.2, 0.25) is 0 Å². The summed E-state index contributed by atoms with van der Waals surface area (Å²) in [5.41, 5.74) is 1.09. The fourth-order valence-corrected chi connectivity index (χ4v) is 3.20. The zero-order chi connectivity index (χ0) is 14.5. The maximum atomic E-state index is 12.2. The maximum absolute atomic E-state index is 12.2. The van der Waals surface area contributed by atoms with Crippen molar-refractivity contribution in [1.82, 2.24) is 4.90 Å². The Morgan fingerprint density at radius 2 is 2.05 bits per heavy atom. The van der Waals surface area contributed by atoms with Gasteiger partial charge in [-0.1, -0.05) is 18.2 Å². The first-order valence-corrected chi connectivity index (χ1v) is 7.88. The molecule has 0 aliphatic heterocycles. The molecule has 0 N–H and O–H groups in total. The summed E-state index contributed by atoms with van der Waals surface area (Å²) in [6, 6.07) is 11.5. The van der Waals surface area contributed by atoms with Crippen LogP contribution < -0.4 is 4.74 Å². The number of halogens is 1. The maximum Gasteiger partial charge on any atom is 0.263 e. The predicted molar refractivity (Wildman–Crippen MR) is 85.7 cm³/mol. The summed E-state index contributed by atoms with van der Waals surface area (Å²) in [6.07, 6.45) is 0. The minimum atomic E-state index is 0.0282. The Balaban J connectivity index is 1.85. The molecule has 0 bridgehead atoms. The molecule has 1 heterocycles. The number of rotatable bonds is 5. The van der Waals surface area contributed by atoms with Gasteiger partial charge in [-0.3, -0.25) is 4.79 Å². The molecule has 106 valence electrons. The van der Waals surface area contributed by atoms with E-state index in [1.54, 1.807) is 11.9 Å². The Hall–Kier alpha value is -1.33. The summed E-state index contributed by atoms with van der Waals surface area (Å²) >= 11 is 4.91. The number of amides is 1. The minimum Gasteiger partial charge on any atom is -0.492 e. The van der Waals surface area contributed by atoms with Crippen LogP contribution in [-0.2, 0) is 0 Å². The van der Waals surface area contributed by atoms with Crippen molar-refractivity contribution in [1.29, 1.82) is 0 Å². The number of para-hydroxylation sites is 1. The second kappa shape index (κ2) is 6.90. The van der Waals surface area contributed by atoms with Crippen molar-refractivity contribution in [3.05, 3.63) is 50.6 Å². The first kappa shape index (κ1) is 15.1. The van der Waals surface area contributed by atoms with Gasteiger partial charge in [0.05, 0.1) is 15.2 Å². The van der Waals surface area contributed by atoms with Crippen LogP contribution >= 0.6 is 27.3 Å². The van der Waals surface area contributed by atoms with Gasteiger partial charge < -0.3 is 9.64 Å². The van der Waals surface area contributed by atoms with Crippen molar-refractivity contribution in [2.24, 2.45) is 0 Å². The van der Waals surface area contributed by atoms with Gasteiger partial charge in [0.2, 0.25) is 0 Å². The van der Waals surface area contributed by atoms with E-state index in [2.05, 4.69) is 15.9 Å². The summed E-state index contributed by atoms with van der Waals surface area (Å²) in [4.78, 5) is 14.6. The van der Waals surface area contributed by atoms with Crippen molar-refractivity contribution in [3.63, 3.8) is 0 Å². The zero-order valence-electron chi connectivity index (χ0n) is 11.4. The summed E-state index contributed by atoms with van der Waals surface area (Å²) < 4.78 is 6.60. The average molecular weight is 354 g/mol. The molecule has 0 spiro atoms. The van der Waals surface area contributed by atoms with Crippen molar-refractivity contribution in [3.8, 4) is 5.75 Å². The molecular weight excluding hydrogens is 338 g/mol. The standard InChI is InChI=1S/C15H16BrNO2S/c1-11-10-13(20-14(11)16)15(18)17(2)8-9-19-12-6-4-3-5-7-12/h3-7,10H,8-9H2,1-2H3. The van der Waals surface area contributed by atoms with E-state index in [-0.39, 0.29) is 5.91 Å². The number of carbonyl (C=O) groups is 1. The number of benzene rings is 1. The van der Waals surface area contributed by atoms with Gasteiger partial charge in [-0.05, 0) is 46.6 Å². The van der Waals surface area contributed by atoms with Crippen LogP contribution in [0.15, 0.2) is 40.2 Å². The van der Waals surface area contributed by atoms with Crippen molar-refractivity contribution in [2.45, 2.75) is 6.92 Å². The summed E-state index contributed by atoms with van der Waals surface area (Å²) in [5, 5.41) is 0. The molecule has 1 aromatic carbocycles. The normalized spacial score (nSPS) is 10.3. The van der Waals surface area contributed by atoms with E-state index in [9.17, 15) is 4.79 Å². The van der Waals surface area contributed by atoms with E-state index in [4.69, 9.17) is 4.74 Å². The molecule has 0 saturated carbocycles. The molecule has 0 radical (unpaired) electrons. The quantitative estimate of drug-likeness (QED) is 0.813. The first-order valence-electron chi connectivity index (χ1n) is 6.27. The summed E-state index contributed by atoms with van der Waals surface area (Å²) in [6.45, 7) is 3.02. The highest BCUT2D eigenvalue weighted by atomic mass is 79.9. The molecule has 0 aliphatic rings. The Kier molecular flexibility index (Phi) is 5.20. The lowest BCUT2D eigenvalue weighted by Crippen LogP contribution is -2.30. The van der Waals surface area contributed by atoms with Crippen LogP contribution in [0.1, 0.15) is 15.2 Å². The van der Waals surface area contributed by atoms with Crippen molar-refractivity contribution in [2.75, 3.05) is 20.2 Å². The number of aryl methyl sites for hydroxylation is 1. The fraction of sp³-hybridized carbons (Fsp3) is 0.267. The minimum absolute atomic E-state index is 0.0282. The molecule has 0 saturated heterocycles. The smallest absolute Gasteiger partial charge is 0.263 e. The lowest BCUT2D eigenvalue weighted by Gasteiger charge is -2.16. The molecule has 0 fully saturated rings. The second-order valence-corrected chi connectivity index (χ2v) is 6.83. The second-order valence-electron chi connectivity index (χ2n) is 4.46. The van der Waals surface area contributed by atoms with Gasteiger partial charge in [0, 0.05) is 7.05 Å². The van der Waals surface area contributed by atoms with Gasteiger partial charge in [0.1, 0.15) is 12.4 Å². The highest BCUT2D eigenvalue weighted by molar-refractivity contribution is 9.11. The molecular formula is C15H16BrNO2S. The van der Waals surface area contributed by atoms with E-state index >= 15 is 0 Å². The van der Waals surface area contributed by atoms with Gasteiger partial charge in [-0.2, -0.15) is 0 Å². The Morgan fingerprint density at radius 3 is 2.65 bits per heavy atom. The van der Waals surface area contributed by atoms with E-state index in [0.717, 1.165) is 20.0 Å². The van der Waals surface area contributed by atoms with E-state index in [1.807, 2.05) is 43.3 Å².